The number of benzene rings is 3. The molecule has 1 amide bonds. The highest BCUT2D eigenvalue weighted by Crippen LogP contribution is 2.39. The average Bonchev–Trinajstić information content (AvgIpc) is 2.82. The van der Waals surface area contributed by atoms with Crippen molar-refractivity contribution < 1.29 is 9.90 Å². The van der Waals surface area contributed by atoms with E-state index < -0.39 is 0 Å². The molecule has 1 aliphatic heterocycles. The molecule has 0 radical (unpaired) electrons. The van der Waals surface area contributed by atoms with E-state index in [9.17, 15) is 9.90 Å². The number of piperazine rings is 1. The third-order valence-electron chi connectivity index (χ3n) is 5.91. The third kappa shape index (κ3) is 3.52. The molecule has 0 aliphatic carbocycles. The Morgan fingerprint density at radius 2 is 1.78 bits per heavy atom. The van der Waals surface area contributed by atoms with Gasteiger partial charge in [0.1, 0.15) is 17.9 Å². The summed E-state index contributed by atoms with van der Waals surface area (Å²) in [6, 6.07) is 15.2. The number of aromatic nitrogens is 2. The van der Waals surface area contributed by atoms with Gasteiger partial charge in [-0.05, 0) is 46.7 Å². The standard InChI is InChI=1S/C25H21ClN4O2/c1-2-24(32)29-7-9-30(10-8-29)25-21-13-22(26)20(14-23(21)27-15-28-25)19-12-17(31)11-16-5-3-4-6-18(16)19/h2-6,11-15,31H,1,7-10H2. The highest BCUT2D eigenvalue weighted by molar-refractivity contribution is 6.34. The van der Waals surface area contributed by atoms with Gasteiger partial charge in [0.25, 0.3) is 0 Å². The Hall–Kier alpha value is -3.64. The number of nitrogens with zero attached hydrogens (tertiary/aromatic N) is 4. The van der Waals surface area contributed by atoms with Crippen LogP contribution in [-0.2, 0) is 4.79 Å². The molecule has 6 nitrogen and oxygen atoms in total. The fraction of sp³-hybridized carbons (Fsp3) is 0.160. The van der Waals surface area contributed by atoms with Gasteiger partial charge in [0.2, 0.25) is 5.91 Å². The normalized spacial score (nSPS) is 14.2. The maximum atomic E-state index is 11.9. The Labute approximate surface area is 190 Å². The summed E-state index contributed by atoms with van der Waals surface area (Å²) in [6.07, 6.45) is 2.90. The van der Waals surface area contributed by atoms with Crippen LogP contribution in [0.2, 0.25) is 5.02 Å². The van der Waals surface area contributed by atoms with Crippen LogP contribution in [0.3, 0.4) is 0 Å². The maximum absolute atomic E-state index is 11.9. The van der Waals surface area contributed by atoms with Gasteiger partial charge in [-0.2, -0.15) is 0 Å². The number of aromatic hydroxyl groups is 1. The number of halogens is 1. The zero-order valence-electron chi connectivity index (χ0n) is 17.3. The fourth-order valence-electron chi connectivity index (χ4n) is 4.31. The van der Waals surface area contributed by atoms with Crippen molar-refractivity contribution in [2.45, 2.75) is 0 Å². The second kappa shape index (κ2) is 8.13. The summed E-state index contributed by atoms with van der Waals surface area (Å²) in [7, 11) is 0. The topological polar surface area (TPSA) is 69.6 Å². The van der Waals surface area contributed by atoms with Crippen molar-refractivity contribution in [1.82, 2.24) is 14.9 Å². The first-order chi connectivity index (χ1) is 15.5. The molecule has 7 heteroatoms. The van der Waals surface area contributed by atoms with Crippen LogP contribution >= 0.6 is 11.6 Å². The molecule has 32 heavy (non-hydrogen) atoms. The number of fused-ring (bicyclic) bond motifs is 2. The largest absolute Gasteiger partial charge is 0.508 e. The van der Waals surface area contributed by atoms with Crippen molar-refractivity contribution in [3.63, 3.8) is 0 Å². The van der Waals surface area contributed by atoms with Crippen LogP contribution in [0.25, 0.3) is 32.8 Å². The van der Waals surface area contributed by atoms with Gasteiger partial charge in [-0.3, -0.25) is 4.79 Å². The first kappa shape index (κ1) is 20.3. The van der Waals surface area contributed by atoms with Crippen molar-refractivity contribution in [2.24, 2.45) is 0 Å². The van der Waals surface area contributed by atoms with Crippen LogP contribution in [-0.4, -0.2) is 52.1 Å². The zero-order valence-corrected chi connectivity index (χ0v) is 18.1. The van der Waals surface area contributed by atoms with Crippen LogP contribution in [0.4, 0.5) is 5.82 Å². The molecular weight excluding hydrogens is 424 g/mol. The van der Waals surface area contributed by atoms with Crippen LogP contribution in [0.5, 0.6) is 5.75 Å². The average molecular weight is 445 g/mol. The molecule has 0 bridgehead atoms. The van der Waals surface area contributed by atoms with E-state index in [4.69, 9.17) is 11.6 Å². The number of anilines is 1. The van der Waals surface area contributed by atoms with Crippen LogP contribution < -0.4 is 4.90 Å². The second-order valence-corrected chi connectivity index (χ2v) is 8.18. The number of phenols is 1. The summed E-state index contributed by atoms with van der Waals surface area (Å²) in [5.41, 5.74) is 2.42. The minimum Gasteiger partial charge on any atom is -0.508 e. The first-order valence-corrected chi connectivity index (χ1v) is 10.8. The van der Waals surface area contributed by atoms with Gasteiger partial charge in [0, 0.05) is 42.2 Å². The lowest BCUT2D eigenvalue weighted by atomic mass is 9.96. The van der Waals surface area contributed by atoms with Gasteiger partial charge in [0.05, 0.1) is 5.52 Å². The molecular formula is C25H21ClN4O2. The molecule has 160 valence electrons. The van der Waals surface area contributed by atoms with Gasteiger partial charge in [0.15, 0.2) is 0 Å². The predicted octanol–water partition coefficient (Wildman–Crippen LogP) is 4.64. The monoisotopic (exact) mass is 444 g/mol. The molecule has 0 unspecified atom stereocenters. The molecule has 1 fully saturated rings. The van der Waals surface area contributed by atoms with Crippen LogP contribution in [0.1, 0.15) is 0 Å². The second-order valence-electron chi connectivity index (χ2n) is 7.78. The summed E-state index contributed by atoms with van der Waals surface area (Å²) >= 11 is 6.77. The Bertz CT molecular complexity index is 1360. The molecule has 4 aromatic rings. The summed E-state index contributed by atoms with van der Waals surface area (Å²) in [5.74, 6) is 0.934. The van der Waals surface area contributed by atoms with Gasteiger partial charge in [-0.25, -0.2) is 9.97 Å². The Morgan fingerprint density at radius 1 is 1.00 bits per heavy atom. The van der Waals surface area contributed by atoms with E-state index in [1.54, 1.807) is 23.4 Å². The quantitative estimate of drug-likeness (QED) is 0.466. The zero-order chi connectivity index (χ0) is 22.2. The molecule has 3 aromatic carbocycles. The van der Waals surface area contributed by atoms with E-state index in [1.807, 2.05) is 36.4 Å². The number of hydrogen-bond acceptors (Lipinski definition) is 5. The Kier molecular flexibility index (Phi) is 5.15. The van der Waals surface area contributed by atoms with Crippen molar-refractivity contribution in [3.05, 3.63) is 72.5 Å². The Morgan fingerprint density at radius 3 is 2.56 bits per heavy atom. The van der Waals surface area contributed by atoms with E-state index >= 15 is 0 Å². The Balaban J connectivity index is 1.57. The molecule has 1 aliphatic rings. The van der Waals surface area contributed by atoms with Crippen molar-refractivity contribution in [2.75, 3.05) is 31.1 Å². The number of amides is 1. The van der Waals surface area contributed by atoms with Crippen LogP contribution in [0.15, 0.2) is 67.5 Å². The minimum absolute atomic E-state index is 0.0526. The highest BCUT2D eigenvalue weighted by Gasteiger charge is 2.22. The maximum Gasteiger partial charge on any atom is 0.246 e. The molecule has 5 rings (SSSR count). The fourth-order valence-corrected chi connectivity index (χ4v) is 4.57. The SMILES string of the molecule is C=CC(=O)N1CCN(c2ncnc3cc(-c4cc(O)cc5ccccc45)c(Cl)cc23)CC1. The predicted molar refractivity (Wildman–Crippen MR) is 128 cm³/mol. The van der Waals surface area contributed by atoms with E-state index in [1.165, 1.54) is 6.08 Å². The van der Waals surface area contributed by atoms with Gasteiger partial charge >= 0.3 is 0 Å². The summed E-state index contributed by atoms with van der Waals surface area (Å²) in [6.45, 7) is 6.12. The van der Waals surface area contributed by atoms with Gasteiger partial charge in [-0.15, -0.1) is 0 Å². The lowest BCUT2D eigenvalue weighted by molar-refractivity contribution is -0.126. The number of rotatable bonds is 3. The highest BCUT2D eigenvalue weighted by atomic mass is 35.5. The van der Waals surface area contributed by atoms with E-state index in [-0.39, 0.29) is 11.7 Å². The van der Waals surface area contributed by atoms with Crippen molar-refractivity contribution >= 4 is 45.0 Å². The summed E-state index contributed by atoms with van der Waals surface area (Å²) in [4.78, 5) is 24.8. The van der Waals surface area contributed by atoms with Crippen LogP contribution in [0, 0.1) is 0 Å². The van der Waals surface area contributed by atoms with Crippen molar-refractivity contribution in [3.8, 4) is 16.9 Å². The van der Waals surface area contributed by atoms with Crippen molar-refractivity contribution in [1.29, 1.82) is 0 Å². The summed E-state index contributed by atoms with van der Waals surface area (Å²) in [5, 5.41) is 13.6. The molecule has 1 saturated heterocycles. The third-order valence-corrected chi connectivity index (χ3v) is 6.22. The molecule has 1 N–H and O–H groups in total. The minimum atomic E-state index is -0.0526. The smallest absolute Gasteiger partial charge is 0.246 e. The number of phenolic OH excluding ortho intramolecular Hbond substituents is 1. The lowest BCUT2D eigenvalue weighted by Gasteiger charge is -2.35. The summed E-state index contributed by atoms with van der Waals surface area (Å²) < 4.78 is 0. The van der Waals surface area contributed by atoms with E-state index in [2.05, 4.69) is 21.4 Å². The van der Waals surface area contributed by atoms with Gasteiger partial charge < -0.3 is 14.9 Å². The number of carbonyl (C=O) groups excluding carboxylic acids is 1. The molecule has 1 aromatic heterocycles. The molecule has 0 spiro atoms. The van der Waals surface area contributed by atoms with E-state index in [0.717, 1.165) is 38.6 Å². The molecule has 0 atom stereocenters. The van der Waals surface area contributed by atoms with Gasteiger partial charge in [-0.1, -0.05) is 42.4 Å². The first-order valence-electron chi connectivity index (χ1n) is 10.4. The molecule has 2 heterocycles. The van der Waals surface area contributed by atoms with E-state index in [0.29, 0.717) is 31.2 Å². The number of carbonyl (C=O) groups is 1. The molecule has 0 saturated carbocycles. The lowest BCUT2D eigenvalue weighted by Crippen LogP contribution is -2.48. The number of hydrogen-bond donors (Lipinski definition) is 1.